The SMILES string of the molecule is CC(C)(C)NCc1ncoc1-c1cc(F)c(F)c(F)c1. The van der Waals surface area contributed by atoms with E-state index < -0.39 is 17.5 Å². The zero-order valence-electron chi connectivity index (χ0n) is 11.4. The lowest BCUT2D eigenvalue weighted by molar-refractivity contribution is 0.421. The Hall–Kier alpha value is -1.82. The van der Waals surface area contributed by atoms with E-state index in [2.05, 4.69) is 10.3 Å². The molecule has 20 heavy (non-hydrogen) atoms. The van der Waals surface area contributed by atoms with Crippen LogP contribution in [0.3, 0.4) is 0 Å². The Morgan fingerprint density at radius 1 is 1.15 bits per heavy atom. The molecule has 2 rings (SSSR count). The van der Waals surface area contributed by atoms with E-state index in [1.807, 2.05) is 20.8 Å². The van der Waals surface area contributed by atoms with Gasteiger partial charge in [0.25, 0.3) is 0 Å². The number of oxazole rings is 1. The van der Waals surface area contributed by atoms with E-state index >= 15 is 0 Å². The summed E-state index contributed by atoms with van der Waals surface area (Å²) in [5, 5.41) is 3.19. The third-order valence-corrected chi connectivity index (χ3v) is 2.67. The predicted molar refractivity (Wildman–Crippen MR) is 68.4 cm³/mol. The number of halogens is 3. The second-order valence-electron chi connectivity index (χ2n) is 5.49. The summed E-state index contributed by atoms with van der Waals surface area (Å²) in [6, 6.07) is 1.78. The van der Waals surface area contributed by atoms with Crippen molar-refractivity contribution in [2.75, 3.05) is 0 Å². The molecular weight excluding hydrogens is 269 g/mol. The normalized spacial score (nSPS) is 11.9. The van der Waals surface area contributed by atoms with Gasteiger partial charge in [-0.15, -0.1) is 0 Å². The van der Waals surface area contributed by atoms with Gasteiger partial charge < -0.3 is 9.73 Å². The summed E-state index contributed by atoms with van der Waals surface area (Å²) in [4.78, 5) is 4.01. The second kappa shape index (κ2) is 5.28. The van der Waals surface area contributed by atoms with E-state index in [4.69, 9.17) is 4.42 Å². The monoisotopic (exact) mass is 284 g/mol. The molecule has 0 saturated carbocycles. The molecule has 0 fully saturated rings. The smallest absolute Gasteiger partial charge is 0.194 e. The van der Waals surface area contributed by atoms with Crippen LogP contribution in [0.25, 0.3) is 11.3 Å². The molecule has 0 amide bonds. The Kier molecular flexibility index (Phi) is 3.85. The number of benzene rings is 1. The summed E-state index contributed by atoms with van der Waals surface area (Å²) < 4.78 is 44.6. The molecule has 3 nitrogen and oxygen atoms in total. The molecule has 1 aromatic heterocycles. The number of aromatic nitrogens is 1. The van der Waals surface area contributed by atoms with Crippen molar-refractivity contribution >= 4 is 0 Å². The molecular formula is C14H15F3N2O. The second-order valence-corrected chi connectivity index (χ2v) is 5.49. The summed E-state index contributed by atoms with van der Waals surface area (Å²) >= 11 is 0. The fourth-order valence-corrected chi connectivity index (χ4v) is 1.67. The highest BCUT2D eigenvalue weighted by molar-refractivity contribution is 5.59. The van der Waals surface area contributed by atoms with Crippen LogP contribution in [0.1, 0.15) is 26.5 Å². The van der Waals surface area contributed by atoms with Gasteiger partial charge in [0.15, 0.2) is 29.6 Å². The van der Waals surface area contributed by atoms with Gasteiger partial charge in [-0.1, -0.05) is 0 Å². The number of nitrogens with one attached hydrogen (secondary N) is 1. The van der Waals surface area contributed by atoms with Crippen molar-refractivity contribution in [1.29, 1.82) is 0 Å². The van der Waals surface area contributed by atoms with Crippen molar-refractivity contribution in [3.63, 3.8) is 0 Å². The highest BCUT2D eigenvalue weighted by Crippen LogP contribution is 2.26. The molecule has 1 heterocycles. The maximum atomic E-state index is 13.2. The summed E-state index contributed by atoms with van der Waals surface area (Å²) in [7, 11) is 0. The van der Waals surface area contributed by atoms with Gasteiger partial charge in [-0.25, -0.2) is 18.2 Å². The minimum Gasteiger partial charge on any atom is -0.443 e. The Labute approximate surface area is 114 Å². The van der Waals surface area contributed by atoms with E-state index in [0.29, 0.717) is 12.2 Å². The number of rotatable bonds is 3. The van der Waals surface area contributed by atoms with Crippen molar-refractivity contribution < 1.29 is 17.6 Å². The largest absolute Gasteiger partial charge is 0.443 e. The molecule has 0 aliphatic carbocycles. The first-order valence-electron chi connectivity index (χ1n) is 6.10. The fourth-order valence-electron chi connectivity index (χ4n) is 1.67. The molecule has 0 atom stereocenters. The Balaban J connectivity index is 2.33. The lowest BCUT2D eigenvalue weighted by atomic mass is 10.1. The topological polar surface area (TPSA) is 38.1 Å². The van der Waals surface area contributed by atoms with Crippen molar-refractivity contribution in [1.82, 2.24) is 10.3 Å². The maximum Gasteiger partial charge on any atom is 0.194 e. The van der Waals surface area contributed by atoms with Crippen LogP contribution >= 0.6 is 0 Å². The van der Waals surface area contributed by atoms with Crippen LogP contribution in [-0.2, 0) is 6.54 Å². The lowest BCUT2D eigenvalue weighted by Gasteiger charge is -2.19. The van der Waals surface area contributed by atoms with Crippen molar-refractivity contribution in [2.45, 2.75) is 32.9 Å². The average Bonchev–Trinajstić information content (AvgIpc) is 2.80. The minimum atomic E-state index is -1.50. The van der Waals surface area contributed by atoms with Gasteiger partial charge in [0, 0.05) is 17.6 Å². The number of hydrogen-bond donors (Lipinski definition) is 1. The van der Waals surface area contributed by atoms with Crippen LogP contribution in [0.2, 0.25) is 0 Å². The quantitative estimate of drug-likeness (QED) is 0.874. The van der Waals surface area contributed by atoms with Gasteiger partial charge in [-0.05, 0) is 32.9 Å². The first kappa shape index (κ1) is 14.6. The van der Waals surface area contributed by atoms with Crippen molar-refractivity contribution in [3.05, 3.63) is 41.7 Å². The highest BCUT2D eigenvalue weighted by atomic mass is 19.2. The highest BCUT2D eigenvalue weighted by Gasteiger charge is 2.18. The van der Waals surface area contributed by atoms with Crippen LogP contribution < -0.4 is 5.32 Å². The Morgan fingerprint density at radius 3 is 2.30 bits per heavy atom. The molecule has 0 saturated heterocycles. The molecule has 0 bridgehead atoms. The molecule has 0 aliphatic rings. The van der Waals surface area contributed by atoms with Crippen LogP contribution in [0.5, 0.6) is 0 Å². The molecule has 1 N–H and O–H groups in total. The van der Waals surface area contributed by atoms with Gasteiger partial charge in [-0.2, -0.15) is 0 Å². The predicted octanol–water partition coefficient (Wildman–Crippen LogP) is 3.65. The third-order valence-electron chi connectivity index (χ3n) is 2.67. The van der Waals surface area contributed by atoms with Gasteiger partial charge in [0.1, 0.15) is 5.69 Å². The van der Waals surface area contributed by atoms with E-state index in [1.54, 1.807) is 0 Å². The van der Waals surface area contributed by atoms with Gasteiger partial charge in [0.05, 0.1) is 0 Å². The summed E-state index contributed by atoms with van der Waals surface area (Å²) in [5.74, 6) is -3.79. The zero-order valence-corrected chi connectivity index (χ0v) is 11.4. The molecule has 108 valence electrons. The van der Waals surface area contributed by atoms with Crippen LogP contribution in [-0.4, -0.2) is 10.5 Å². The molecule has 2 aromatic rings. The molecule has 0 spiro atoms. The fraction of sp³-hybridized carbons (Fsp3) is 0.357. The summed E-state index contributed by atoms with van der Waals surface area (Å²) in [6.07, 6.45) is 1.19. The van der Waals surface area contributed by atoms with E-state index in [-0.39, 0.29) is 16.9 Å². The maximum absolute atomic E-state index is 13.2. The Bertz CT molecular complexity index is 594. The standard InChI is InChI=1S/C14H15F3N2O/c1-14(2,3)19-6-11-13(20-7-18-11)8-4-9(15)12(17)10(16)5-8/h4-5,7,19H,6H2,1-3H3. The summed E-state index contributed by atoms with van der Waals surface area (Å²) in [5.41, 5.74) is 0.477. The van der Waals surface area contributed by atoms with Crippen molar-refractivity contribution in [2.24, 2.45) is 0 Å². The minimum absolute atomic E-state index is 0.115. The number of hydrogen-bond acceptors (Lipinski definition) is 3. The molecule has 0 radical (unpaired) electrons. The molecule has 1 aromatic carbocycles. The van der Waals surface area contributed by atoms with E-state index in [1.165, 1.54) is 6.39 Å². The first-order valence-corrected chi connectivity index (χ1v) is 6.10. The Morgan fingerprint density at radius 2 is 1.75 bits per heavy atom. The van der Waals surface area contributed by atoms with Crippen molar-refractivity contribution in [3.8, 4) is 11.3 Å². The molecule has 6 heteroatoms. The van der Waals surface area contributed by atoms with Crippen LogP contribution in [0.4, 0.5) is 13.2 Å². The lowest BCUT2D eigenvalue weighted by Crippen LogP contribution is -2.35. The van der Waals surface area contributed by atoms with Gasteiger partial charge in [0.2, 0.25) is 0 Å². The zero-order chi connectivity index (χ0) is 14.9. The van der Waals surface area contributed by atoms with Crippen LogP contribution in [0.15, 0.2) is 22.9 Å². The summed E-state index contributed by atoms with van der Waals surface area (Å²) in [6.45, 7) is 6.30. The first-order chi connectivity index (χ1) is 9.28. The van der Waals surface area contributed by atoms with E-state index in [9.17, 15) is 13.2 Å². The average molecular weight is 284 g/mol. The van der Waals surface area contributed by atoms with Gasteiger partial charge in [-0.3, -0.25) is 0 Å². The number of nitrogens with zero attached hydrogens (tertiary/aromatic N) is 1. The molecule has 0 aliphatic heterocycles. The van der Waals surface area contributed by atoms with E-state index in [0.717, 1.165) is 12.1 Å². The van der Waals surface area contributed by atoms with Crippen LogP contribution in [0, 0.1) is 17.5 Å². The van der Waals surface area contributed by atoms with Gasteiger partial charge >= 0.3 is 0 Å². The molecule has 0 unspecified atom stereocenters. The third kappa shape index (κ3) is 3.19.